The standard InChI is InChI=1S/C12H11Cl2NO3/c1-18-12(17)7-2-3-9(14)10(4-7)15-6-8(13)5-11(15)16/h2-4,8H,5-6H2,1H3. The van der Waals surface area contributed by atoms with E-state index in [2.05, 4.69) is 4.74 Å². The molecule has 1 aromatic carbocycles. The Bertz CT molecular complexity index is 504. The van der Waals surface area contributed by atoms with Gasteiger partial charge in [0.05, 0.1) is 28.8 Å². The van der Waals surface area contributed by atoms with Crippen LogP contribution in [-0.4, -0.2) is 30.9 Å². The molecule has 0 saturated carbocycles. The molecule has 0 aliphatic carbocycles. The number of halogens is 2. The van der Waals surface area contributed by atoms with Gasteiger partial charge in [0, 0.05) is 13.0 Å². The Kier molecular flexibility index (Phi) is 3.78. The first-order chi connectivity index (χ1) is 8.52. The molecular weight excluding hydrogens is 277 g/mol. The summed E-state index contributed by atoms with van der Waals surface area (Å²) in [5, 5.41) is 0.178. The van der Waals surface area contributed by atoms with Crippen LogP contribution < -0.4 is 4.90 Å². The van der Waals surface area contributed by atoms with Gasteiger partial charge in [0.1, 0.15) is 0 Å². The molecular formula is C12H11Cl2NO3. The summed E-state index contributed by atoms with van der Waals surface area (Å²) in [6.07, 6.45) is 0.278. The lowest BCUT2D eigenvalue weighted by atomic mass is 10.2. The molecule has 0 radical (unpaired) electrons. The third kappa shape index (κ3) is 2.44. The van der Waals surface area contributed by atoms with Gasteiger partial charge in [0.25, 0.3) is 0 Å². The zero-order chi connectivity index (χ0) is 13.3. The fourth-order valence-electron chi connectivity index (χ4n) is 1.86. The van der Waals surface area contributed by atoms with Crippen LogP contribution in [-0.2, 0) is 9.53 Å². The van der Waals surface area contributed by atoms with Crippen molar-refractivity contribution in [2.24, 2.45) is 0 Å². The summed E-state index contributed by atoms with van der Waals surface area (Å²) >= 11 is 12.0. The molecule has 1 heterocycles. The van der Waals surface area contributed by atoms with Gasteiger partial charge in [0.15, 0.2) is 0 Å². The van der Waals surface area contributed by atoms with Crippen LogP contribution in [0.2, 0.25) is 5.02 Å². The van der Waals surface area contributed by atoms with Gasteiger partial charge in [-0.05, 0) is 18.2 Å². The van der Waals surface area contributed by atoms with Crippen molar-refractivity contribution in [3.63, 3.8) is 0 Å². The summed E-state index contributed by atoms with van der Waals surface area (Å²) in [7, 11) is 1.30. The first-order valence-corrected chi connectivity index (χ1v) is 6.16. The quantitative estimate of drug-likeness (QED) is 0.620. The first-order valence-electron chi connectivity index (χ1n) is 5.35. The average molecular weight is 288 g/mol. The lowest BCUT2D eigenvalue weighted by Crippen LogP contribution is -2.25. The van der Waals surface area contributed by atoms with E-state index in [-0.39, 0.29) is 17.7 Å². The van der Waals surface area contributed by atoms with E-state index in [1.54, 1.807) is 18.2 Å². The molecule has 96 valence electrons. The molecule has 0 aromatic heterocycles. The summed E-state index contributed by atoms with van der Waals surface area (Å²) < 4.78 is 4.63. The van der Waals surface area contributed by atoms with Crippen LogP contribution in [0, 0.1) is 0 Å². The molecule has 0 spiro atoms. The van der Waals surface area contributed by atoms with Crippen LogP contribution in [0.1, 0.15) is 16.8 Å². The summed E-state index contributed by atoms with van der Waals surface area (Å²) in [6, 6.07) is 4.66. The minimum atomic E-state index is -0.470. The lowest BCUT2D eigenvalue weighted by Gasteiger charge is -2.18. The van der Waals surface area contributed by atoms with Crippen molar-refractivity contribution < 1.29 is 14.3 Å². The fraction of sp³-hybridized carbons (Fsp3) is 0.333. The van der Waals surface area contributed by atoms with Crippen LogP contribution in [0.15, 0.2) is 18.2 Å². The number of ether oxygens (including phenoxy) is 1. The molecule has 1 aliphatic rings. The number of anilines is 1. The Hall–Kier alpha value is -1.26. The maximum atomic E-state index is 11.8. The lowest BCUT2D eigenvalue weighted by molar-refractivity contribution is -0.117. The van der Waals surface area contributed by atoms with E-state index >= 15 is 0 Å². The maximum Gasteiger partial charge on any atom is 0.337 e. The van der Waals surface area contributed by atoms with Gasteiger partial charge < -0.3 is 9.64 Å². The number of alkyl halides is 1. The van der Waals surface area contributed by atoms with Crippen molar-refractivity contribution in [2.45, 2.75) is 11.8 Å². The second-order valence-electron chi connectivity index (χ2n) is 3.96. The fourth-order valence-corrected chi connectivity index (χ4v) is 2.35. The topological polar surface area (TPSA) is 46.6 Å². The SMILES string of the molecule is COC(=O)c1ccc(Cl)c(N2CC(Cl)CC2=O)c1. The Balaban J connectivity index is 2.38. The van der Waals surface area contributed by atoms with E-state index in [1.807, 2.05) is 0 Å². The van der Waals surface area contributed by atoms with E-state index in [4.69, 9.17) is 23.2 Å². The second-order valence-corrected chi connectivity index (χ2v) is 4.99. The van der Waals surface area contributed by atoms with Gasteiger partial charge in [-0.1, -0.05) is 11.6 Å². The molecule has 18 heavy (non-hydrogen) atoms. The van der Waals surface area contributed by atoms with Crippen LogP contribution in [0.25, 0.3) is 0 Å². The average Bonchev–Trinajstić information content (AvgIpc) is 2.68. The molecule has 2 rings (SSSR count). The van der Waals surface area contributed by atoms with Crippen molar-refractivity contribution in [1.29, 1.82) is 0 Å². The number of methoxy groups -OCH3 is 1. The van der Waals surface area contributed by atoms with Gasteiger partial charge in [-0.3, -0.25) is 4.79 Å². The Labute approximate surface area is 114 Å². The number of esters is 1. The molecule has 6 heteroatoms. The van der Waals surface area contributed by atoms with Crippen LogP contribution >= 0.6 is 23.2 Å². The Morgan fingerprint density at radius 2 is 2.22 bits per heavy atom. The number of hydrogen-bond acceptors (Lipinski definition) is 3. The molecule has 0 bridgehead atoms. The van der Waals surface area contributed by atoms with E-state index in [0.29, 0.717) is 22.8 Å². The number of benzene rings is 1. The smallest absolute Gasteiger partial charge is 0.337 e. The molecule has 1 unspecified atom stereocenters. The summed E-state index contributed by atoms with van der Waals surface area (Å²) in [5.74, 6) is -0.569. The number of amides is 1. The summed E-state index contributed by atoms with van der Waals surface area (Å²) in [5.41, 5.74) is 0.843. The molecule has 0 N–H and O–H groups in total. The molecule has 1 aromatic rings. The number of rotatable bonds is 2. The Morgan fingerprint density at radius 3 is 2.78 bits per heavy atom. The number of hydrogen-bond donors (Lipinski definition) is 0. The largest absolute Gasteiger partial charge is 0.465 e. The van der Waals surface area contributed by atoms with Crippen LogP contribution in [0.4, 0.5) is 5.69 Å². The van der Waals surface area contributed by atoms with Crippen molar-refractivity contribution >= 4 is 40.8 Å². The predicted molar refractivity (Wildman–Crippen MR) is 69.4 cm³/mol. The van der Waals surface area contributed by atoms with Crippen molar-refractivity contribution in [1.82, 2.24) is 0 Å². The molecule has 1 fully saturated rings. The van der Waals surface area contributed by atoms with Gasteiger partial charge in [-0.25, -0.2) is 4.79 Å². The highest BCUT2D eigenvalue weighted by Crippen LogP contribution is 2.31. The van der Waals surface area contributed by atoms with E-state index in [0.717, 1.165) is 0 Å². The van der Waals surface area contributed by atoms with E-state index < -0.39 is 5.97 Å². The number of nitrogens with zero attached hydrogens (tertiary/aromatic N) is 1. The second kappa shape index (κ2) is 5.16. The van der Waals surface area contributed by atoms with Crippen molar-refractivity contribution in [3.8, 4) is 0 Å². The zero-order valence-electron chi connectivity index (χ0n) is 9.65. The molecule has 4 nitrogen and oxygen atoms in total. The minimum absolute atomic E-state index is 0.0982. The van der Waals surface area contributed by atoms with Crippen molar-refractivity contribution in [2.75, 3.05) is 18.6 Å². The van der Waals surface area contributed by atoms with E-state index in [1.165, 1.54) is 12.0 Å². The predicted octanol–water partition coefficient (Wildman–Crippen LogP) is 2.47. The third-order valence-electron chi connectivity index (χ3n) is 2.74. The number of carbonyl (C=O) groups is 2. The van der Waals surface area contributed by atoms with Gasteiger partial charge in [-0.15, -0.1) is 11.6 Å². The highest BCUT2D eigenvalue weighted by Gasteiger charge is 2.30. The molecule has 1 saturated heterocycles. The molecule has 1 amide bonds. The van der Waals surface area contributed by atoms with E-state index in [9.17, 15) is 9.59 Å². The van der Waals surface area contributed by atoms with Crippen molar-refractivity contribution in [3.05, 3.63) is 28.8 Å². The minimum Gasteiger partial charge on any atom is -0.465 e. The zero-order valence-corrected chi connectivity index (χ0v) is 11.2. The monoisotopic (exact) mass is 287 g/mol. The van der Waals surface area contributed by atoms with Crippen LogP contribution in [0.3, 0.4) is 0 Å². The molecule has 1 aliphatic heterocycles. The van der Waals surface area contributed by atoms with Crippen LogP contribution in [0.5, 0.6) is 0 Å². The van der Waals surface area contributed by atoms with Gasteiger partial charge >= 0.3 is 5.97 Å². The Morgan fingerprint density at radius 1 is 1.50 bits per heavy atom. The normalized spacial score (nSPS) is 19.2. The summed E-state index contributed by atoms with van der Waals surface area (Å²) in [4.78, 5) is 24.7. The highest BCUT2D eigenvalue weighted by molar-refractivity contribution is 6.34. The first kappa shape index (κ1) is 13.2. The highest BCUT2D eigenvalue weighted by atomic mass is 35.5. The molecule has 1 atom stereocenters. The maximum absolute atomic E-state index is 11.8. The third-order valence-corrected chi connectivity index (χ3v) is 3.35. The van der Waals surface area contributed by atoms with Gasteiger partial charge in [-0.2, -0.15) is 0 Å². The van der Waals surface area contributed by atoms with Gasteiger partial charge in [0.2, 0.25) is 5.91 Å². The number of carbonyl (C=O) groups excluding carboxylic acids is 2. The summed E-state index contributed by atoms with van der Waals surface area (Å²) in [6.45, 7) is 0.394.